The Balaban J connectivity index is 1.65. The molecule has 5 nitrogen and oxygen atoms in total. The van der Waals surface area contributed by atoms with Crippen molar-refractivity contribution in [3.05, 3.63) is 65.6 Å². The first-order valence-corrected chi connectivity index (χ1v) is 9.34. The van der Waals surface area contributed by atoms with Crippen LogP contribution in [0, 0.1) is 0 Å². The summed E-state index contributed by atoms with van der Waals surface area (Å²) in [5.74, 6) is 0.593. The van der Waals surface area contributed by atoms with Crippen molar-refractivity contribution in [1.82, 2.24) is 9.97 Å². The van der Waals surface area contributed by atoms with Gasteiger partial charge >= 0.3 is 0 Å². The first-order valence-electron chi connectivity index (χ1n) is 9.34. The Morgan fingerprint density at radius 1 is 1.22 bits per heavy atom. The van der Waals surface area contributed by atoms with Crippen LogP contribution in [0.1, 0.15) is 41.9 Å². The van der Waals surface area contributed by atoms with Gasteiger partial charge in [0.15, 0.2) is 0 Å². The van der Waals surface area contributed by atoms with Crippen molar-refractivity contribution in [1.29, 1.82) is 0 Å². The monoisotopic (exact) mass is 361 g/mol. The van der Waals surface area contributed by atoms with Gasteiger partial charge in [0.2, 0.25) is 0 Å². The number of aromatic nitrogens is 2. The van der Waals surface area contributed by atoms with Gasteiger partial charge < -0.3 is 15.0 Å². The van der Waals surface area contributed by atoms with Crippen LogP contribution < -0.4 is 10.1 Å². The number of benzene rings is 1. The van der Waals surface area contributed by atoms with Crippen LogP contribution in [0.2, 0.25) is 0 Å². The molecule has 1 amide bonds. The Bertz CT molecular complexity index is 975. The Kier molecular flexibility index (Phi) is 4.67. The number of aromatic amines is 1. The van der Waals surface area contributed by atoms with Crippen LogP contribution in [0.15, 0.2) is 48.8 Å². The molecule has 3 aromatic rings. The largest absolute Gasteiger partial charge is 0.491 e. The second-order valence-electron chi connectivity index (χ2n) is 7.07. The molecule has 0 spiro atoms. The molecule has 1 aliphatic carbocycles. The smallest absolute Gasteiger partial charge is 0.257 e. The molecule has 138 valence electrons. The summed E-state index contributed by atoms with van der Waals surface area (Å²) in [6, 6.07) is 11.5. The molecule has 2 aromatic heterocycles. The van der Waals surface area contributed by atoms with E-state index in [1.807, 2.05) is 44.2 Å². The molecule has 5 heteroatoms. The number of aryl methyl sites for hydroxylation is 2. The lowest BCUT2D eigenvalue weighted by Gasteiger charge is -2.12. The molecule has 0 atom stereocenters. The zero-order chi connectivity index (χ0) is 18.8. The fourth-order valence-corrected chi connectivity index (χ4v) is 3.55. The summed E-state index contributed by atoms with van der Waals surface area (Å²) in [5, 5.41) is 2.99. The summed E-state index contributed by atoms with van der Waals surface area (Å²) in [4.78, 5) is 20.9. The maximum absolute atomic E-state index is 13.0. The highest BCUT2D eigenvalue weighted by Crippen LogP contribution is 2.33. The molecular weight excluding hydrogens is 338 g/mol. The first-order chi connectivity index (χ1) is 13.1. The maximum atomic E-state index is 13.0. The number of pyridine rings is 1. The number of nitrogens with zero attached hydrogens (tertiary/aromatic N) is 1. The number of ether oxygens (including phenoxy) is 1. The lowest BCUT2D eigenvalue weighted by atomic mass is 10.0. The maximum Gasteiger partial charge on any atom is 0.257 e. The zero-order valence-corrected chi connectivity index (χ0v) is 15.6. The highest BCUT2D eigenvalue weighted by atomic mass is 16.5. The van der Waals surface area contributed by atoms with Crippen LogP contribution in [0.3, 0.4) is 0 Å². The number of hydrogen-bond donors (Lipinski definition) is 2. The van der Waals surface area contributed by atoms with Crippen molar-refractivity contribution < 1.29 is 9.53 Å². The van der Waals surface area contributed by atoms with E-state index in [0.717, 1.165) is 42.0 Å². The summed E-state index contributed by atoms with van der Waals surface area (Å²) in [6.07, 6.45) is 6.59. The normalized spacial score (nSPS) is 12.9. The second kappa shape index (κ2) is 7.27. The van der Waals surface area contributed by atoms with Gasteiger partial charge in [-0.2, -0.15) is 0 Å². The van der Waals surface area contributed by atoms with E-state index in [9.17, 15) is 4.79 Å². The summed E-state index contributed by atoms with van der Waals surface area (Å²) in [7, 11) is 0. The molecule has 2 N–H and O–H groups in total. The third-order valence-electron chi connectivity index (χ3n) is 4.67. The second-order valence-corrected chi connectivity index (χ2v) is 7.07. The van der Waals surface area contributed by atoms with Gasteiger partial charge in [0.25, 0.3) is 5.91 Å². The lowest BCUT2D eigenvalue weighted by Crippen LogP contribution is -2.13. The quantitative estimate of drug-likeness (QED) is 0.713. The number of hydrogen-bond acceptors (Lipinski definition) is 3. The van der Waals surface area contributed by atoms with Gasteiger partial charge in [-0.15, -0.1) is 0 Å². The molecule has 0 unspecified atom stereocenters. The van der Waals surface area contributed by atoms with E-state index in [1.54, 1.807) is 12.4 Å². The molecule has 1 aromatic carbocycles. The van der Waals surface area contributed by atoms with E-state index >= 15 is 0 Å². The van der Waals surface area contributed by atoms with Crippen molar-refractivity contribution in [2.75, 3.05) is 5.32 Å². The summed E-state index contributed by atoms with van der Waals surface area (Å²) >= 11 is 0. The van der Waals surface area contributed by atoms with Gasteiger partial charge in [0.05, 0.1) is 17.4 Å². The number of H-pyrrole nitrogens is 1. The van der Waals surface area contributed by atoms with Gasteiger partial charge in [-0.05, 0) is 56.9 Å². The van der Waals surface area contributed by atoms with E-state index in [0.29, 0.717) is 11.3 Å². The minimum atomic E-state index is -0.146. The number of amides is 1. The van der Waals surface area contributed by atoms with Crippen LogP contribution in [0.25, 0.3) is 11.3 Å². The fraction of sp³-hybridized carbons (Fsp3) is 0.273. The summed E-state index contributed by atoms with van der Waals surface area (Å²) < 4.78 is 5.71. The summed E-state index contributed by atoms with van der Waals surface area (Å²) in [6.45, 7) is 3.95. The zero-order valence-electron chi connectivity index (χ0n) is 15.6. The SMILES string of the molecule is CC(C)Oc1cccc(NC(=O)c2c[nH]c3c2-c2ncccc2CCC3)c1. The van der Waals surface area contributed by atoms with Crippen molar-refractivity contribution in [2.24, 2.45) is 0 Å². The number of rotatable bonds is 4. The Hall–Kier alpha value is -3.08. The van der Waals surface area contributed by atoms with E-state index in [4.69, 9.17) is 4.74 Å². The van der Waals surface area contributed by atoms with Crippen molar-refractivity contribution in [3.63, 3.8) is 0 Å². The minimum Gasteiger partial charge on any atom is -0.491 e. The third kappa shape index (κ3) is 3.58. The van der Waals surface area contributed by atoms with Crippen molar-refractivity contribution in [2.45, 2.75) is 39.2 Å². The van der Waals surface area contributed by atoms with Crippen molar-refractivity contribution in [3.8, 4) is 17.0 Å². The number of carbonyl (C=O) groups excluding carboxylic acids is 1. The van der Waals surface area contributed by atoms with Crippen LogP contribution in [0.4, 0.5) is 5.69 Å². The number of carbonyl (C=O) groups is 1. The molecule has 0 saturated carbocycles. The highest BCUT2D eigenvalue weighted by molar-refractivity contribution is 6.09. The molecule has 0 saturated heterocycles. The van der Waals surface area contributed by atoms with E-state index in [2.05, 4.69) is 21.4 Å². The predicted molar refractivity (Wildman–Crippen MR) is 106 cm³/mol. The number of nitrogens with one attached hydrogen (secondary N) is 2. The molecule has 1 aliphatic rings. The van der Waals surface area contributed by atoms with E-state index < -0.39 is 0 Å². The average Bonchev–Trinajstić information content (AvgIpc) is 2.97. The molecule has 0 radical (unpaired) electrons. The lowest BCUT2D eigenvalue weighted by molar-refractivity contribution is 0.102. The Labute approximate surface area is 158 Å². The van der Waals surface area contributed by atoms with Gasteiger partial charge in [0.1, 0.15) is 5.75 Å². The Morgan fingerprint density at radius 3 is 2.96 bits per heavy atom. The van der Waals surface area contributed by atoms with E-state index in [1.165, 1.54) is 5.56 Å². The van der Waals surface area contributed by atoms with Gasteiger partial charge in [0, 0.05) is 35.4 Å². The molecule has 0 fully saturated rings. The van der Waals surface area contributed by atoms with Crippen LogP contribution >= 0.6 is 0 Å². The van der Waals surface area contributed by atoms with Crippen LogP contribution in [-0.4, -0.2) is 22.0 Å². The average molecular weight is 361 g/mol. The highest BCUT2D eigenvalue weighted by Gasteiger charge is 2.24. The fourth-order valence-electron chi connectivity index (χ4n) is 3.55. The standard InChI is InChI=1S/C22H23N3O2/c1-14(2)27-17-9-4-8-16(12-17)25-22(26)18-13-24-19-10-3-6-15-7-5-11-23-21(15)20(18)19/h4-5,7-9,11-14,24H,3,6,10H2,1-2H3,(H,25,26). The van der Waals surface area contributed by atoms with Gasteiger partial charge in [-0.25, -0.2) is 0 Å². The first kappa shape index (κ1) is 17.3. The van der Waals surface area contributed by atoms with Crippen molar-refractivity contribution >= 4 is 11.6 Å². The topological polar surface area (TPSA) is 67.0 Å². The van der Waals surface area contributed by atoms with Gasteiger partial charge in [-0.3, -0.25) is 9.78 Å². The Morgan fingerprint density at radius 2 is 2.11 bits per heavy atom. The third-order valence-corrected chi connectivity index (χ3v) is 4.67. The van der Waals surface area contributed by atoms with Crippen LogP contribution in [0.5, 0.6) is 5.75 Å². The van der Waals surface area contributed by atoms with Gasteiger partial charge in [-0.1, -0.05) is 12.1 Å². The molecule has 2 heterocycles. The molecule has 0 aliphatic heterocycles. The number of fused-ring (bicyclic) bond motifs is 3. The minimum absolute atomic E-state index is 0.0824. The molecule has 0 bridgehead atoms. The van der Waals surface area contributed by atoms with E-state index in [-0.39, 0.29) is 12.0 Å². The molecule has 27 heavy (non-hydrogen) atoms. The molecule has 4 rings (SSSR count). The summed E-state index contributed by atoms with van der Waals surface area (Å²) in [5.41, 5.74) is 5.44. The molecular formula is C22H23N3O2. The predicted octanol–water partition coefficient (Wildman–Crippen LogP) is 4.60. The number of anilines is 1. The van der Waals surface area contributed by atoms with Crippen LogP contribution in [-0.2, 0) is 12.8 Å².